The molecule has 0 spiro atoms. The summed E-state index contributed by atoms with van der Waals surface area (Å²) in [6.45, 7) is 7.69. The highest BCUT2D eigenvalue weighted by Gasteiger charge is 2.19. The van der Waals surface area contributed by atoms with E-state index >= 15 is 0 Å². The number of allylic oxidation sites excluding steroid dienone is 2. The predicted octanol–water partition coefficient (Wildman–Crippen LogP) is 5.83. The Morgan fingerprint density at radius 3 is 2.62 bits per heavy atom. The summed E-state index contributed by atoms with van der Waals surface area (Å²) in [6.07, 6.45) is 8.06. The van der Waals surface area contributed by atoms with E-state index in [2.05, 4.69) is 67.3 Å². The lowest BCUT2D eigenvalue weighted by molar-refractivity contribution is 0.224. The number of fused-ring (bicyclic) bond motifs is 1. The first kappa shape index (κ1) is 18.7. The number of hydrogen-bond donors (Lipinski definition) is 0. The zero-order chi connectivity index (χ0) is 18.4. The number of likely N-dealkylation sites (tertiary alicyclic amines) is 1. The lowest BCUT2D eigenvalue weighted by atomic mass is 9.86. The molecule has 0 bridgehead atoms. The van der Waals surface area contributed by atoms with Crippen molar-refractivity contribution >= 4 is 10.8 Å². The smallest absolute Gasteiger partial charge is 0.0733 e. The minimum absolute atomic E-state index is 0.0383. The second-order valence-electron chi connectivity index (χ2n) is 7.72. The third-order valence-electron chi connectivity index (χ3n) is 5.48. The molecule has 1 fully saturated rings. The second kappa shape index (κ2) is 9.01. The van der Waals surface area contributed by atoms with Crippen LogP contribution in [-0.4, -0.2) is 24.5 Å². The summed E-state index contributed by atoms with van der Waals surface area (Å²) < 4.78 is 0. The second-order valence-corrected chi connectivity index (χ2v) is 7.72. The molecule has 2 nitrogen and oxygen atoms in total. The third-order valence-corrected chi connectivity index (χ3v) is 5.48. The van der Waals surface area contributed by atoms with Crippen LogP contribution in [0.3, 0.4) is 0 Å². The Hall–Kier alpha value is -2.11. The van der Waals surface area contributed by atoms with E-state index in [0.29, 0.717) is 0 Å². The van der Waals surface area contributed by atoms with Gasteiger partial charge in [-0.2, -0.15) is 5.26 Å². The molecule has 26 heavy (non-hydrogen) atoms. The summed E-state index contributed by atoms with van der Waals surface area (Å²) in [5.74, 6) is -0.0383. The number of nitrogens with zero attached hydrogens (tertiary/aromatic N) is 2. The van der Waals surface area contributed by atoms with Gasteiger partial charge in [-0.25, -0.2) is 0 Å². The summed E-state index contributed by atoms with van der Waals surface area (Å²) in [6, 6.07) is 15.6. The summed E-state index contributed by atoms with van der Waals surface area (Å²) >= 11 is 0. The van der Waals surface area contributed by atoms with Gasteiger partial charge in [-0.05, 0) is 81.1 Å². The van der Waals surface area contributed by atoms with Crippen molar-refractivity contribution in [3.63, 3.8) is 0 Å². The largest absolute Gasteiger partial charge is 0.303 e. The van der Waals surface area contributed by atoms with Crippen molar-refractivity contribution in [2.24, 2.45) is 0 Å². The molecule has 0 amide bonds. The Morgan fingerprint density at radius 2 is 1.88 bits per heavy atom. The van der Waals surface area contributed by atoms with E-state index in [0.717, 1.165) is 19.4 Å². The van der Waals surface area contributed by atoms with E-state index in [1.54, 1.807) is 0 Å². The van der Waals surface area contributed by atoms with Crippen LogP contribution in [0.25, 0.3) is 10.8 Å². The molecular weight excluding hydrogens is 316 g/mol. The van der Waals surface area contributed by atoms with Crippen LogP contribution in [-0.2, 0) is 6.42 Å². The van der Waals surface area contributed by atoms with Crippen molar-refractivity contribution < 1.29 is 0 Å². The summed E-state index contributed by atoms with van der Waals surface area (Å²) in [5.41, 5.74) is 3.88. The summed E-state index contributed by atoms with van der Waals surface area (Å²) in [7, 11) is 0. The van der Waals surface area contributed by atoms with Crippen molar-refractivity contribution in [1.82, 2.24) is 4.90 Å². The van der Waals surface area contributed by atoms with Gasteiger partial charge in [0.05, 0.1) is 12.0 Å². The van der Waals surface area contributed by atoms with Gasteiger partial charge in [0.25, 0.3) is 0 Å². The number of rotatable bonds is 6. The third kappa shape index (κ3) is 4.54. The molecule has 2 heteroatoms. The predicted molar refractivity (Wildman–Crippen MR) is 110 cm³/mol. The minimum atomic E-state index is -0.0383. The van der Waals surface area contributed by atoms with Gasteiger partial charge < -0.3 is 4.90 Å². The fraction of sp³-hybridized carbons (Fsp3) is 0.458. The van der Waals surface area contributed by atoms with Crippen LogP contribution < -0.4 is 0 Å². The molecule has 1 aliphatic rings. The van der Waals surface area contributed by atoms with Gasteiger partial charge >= 0.3 is 0 Å². The number of nitriles is 1. The van der Waals surface area contributed by atoms with Crippen molar-refractivity contribution in [2.45, 2.75) is 51.9 Å². The average Bonchev–Trinajstić information content (AvgIpc) is 2.68. The van der Waals surface area contributed by atoms with Crippen LogP contribution in [0.5, 0.6) is 0 Å². The zero-order valence-electron chi connectivity index (χ0n) is 16.2. The average molecular weight is 347 g/mol. The van der Waals surface area contributed by atoms with E-state index in [1.807, 2.05) is 0 Å². The van der Waals surface area contributed by atoms with Crippen LogP contribution >= 0.6 is 0 Å². The maximum absolute atomic E-state index is 9.99. The SMILES string of the molecule is CC(C)=CCc1ccc2ccccc2c1C(C#N)CCN1CCCCC1. The highest BCUT2D eigenvalue weighted by atomic mass is 15.1. The first-order valence-corrected chi connectivity index (χ1v) is 9.95. The molecule has 0 aliphatic carbocycles. The highest BCUT2D eigenvalue weighted by Crippen LogP contribution is 2.32. The molecule has 0 aromatic heterocycles. The fourth-order valence-corrected chi connectivity index (χ4v) is 4.01. The lowest BCUT2D eigenvalue weighted by Gasteiger charge is -2.27. The van der Waals surface area contributed by atoms with Gasteiger partial charge in [0, 0.05) is 0 Å². The topological polar surface area (TPSA) is 27.0 Å². The molecule has 2 aromatic carbocycles. The van der Waals surface area contributed by atoms with Crippen molar-refractivity contribution in [3.05, 3.63) is 59.2 Å². The van der Waals surface area contributed by atoms with Crippen LogP contribution in [0.15, 0.2) is 48.0 Å². The molecule has 1 saturated heterocycles. The van der Waals surface area contributed by atoms with Crippen molar-refractivity contribution in [3.8, 4) is 6.07 Å². The van der Waals surface area contributed by atoms with Gasteiger partial charge in [-0.1, -0.05) is 54.5 Å². The molecular formula is C24H30N2. The van der Waals surface area contributed by atoms with Crippen molar-refractivity contribution in [2.75, 3.05) is 19.6 Å². The maximum atomic E-state index is 9.99. The number of benzene rings is 2. The van der Waals surface area contributed by atoms with E-state index in [9.17, 15) is 5.26 Å². The van der Waals surface area contributed by atoms with Crippen LogP contribution in [0, 0.1) is 11.3 Å². The molecule has 0 radical (unpaired) electrons. The standard InChI is InChI=1S/C24H30N2/c1-19(2)10-11-21-13-12-20-8-4-5-9-23(20)24(21)22(18-25)14-17-26-15-6-3-7-16-26/h4-5,8-10,12-13,22H,3,6-7,11,14-17H2,1-2H3. The van der Waals surface area contributed by atoms with E-state index in [1.165, 1.54) is 59.8 Å². The van der Waals surface area contributed by atoms with Gasteiger partial charge in [-0.3, -0.25) is 0 Å². The Balaban J connectivity index is 1.91. The molecule has 2 aromatic rings. The monoisotopic (exact) mass is 346 g/mol. The van der Waals surface area contributed by atoms with E-state index in [-0.39, 0.29) is 5.92 Å². The van der Waals surface area contributed by atoms with Gasteiger partial charge in [-0.15, -0.1) is 0 Å². The minimum Gasteiger partial charge on any atom is -0.303 e. The summed E-state index contributed by atoms with van der Waals surface area (Å²) in [4.78, 5) is 2.54. The molecule has 1 heterocycles. The Labute approximate surface area is 158 Å². The molecule has 136 valence electrons. The Morgan fingerprint density at radius 1 is 1.12 bits per heavy atom. The van der Waals surface area contributed by atoms with Crippen LogP contribution in [0.4, 0.5) is 0 Å². The lowest BCUT2D eigenvalue weighted by Crippen LogP contribution is -2.31. The first-order chi connectivity index (χ1) is 12.7. The fourth-order valence-electron chi connectivity index (χ4n) is 4.01. The maximum Gasteiger partial charge on any atom is 0.0733 e. The van der Waals surface area contributed by atoms with Gasteiger partial charge in [0.2, 0.25) is 0 Å². The summed E-state index contributed by atoms with van der Waals surface area (Å²) in [5, 5.41) is 12.5. The van der Waals surface area contributed by atoms with Gasteiger partial charge in [0.1, 0.15) is 0 Å². The molecule has 0 N–H and O–H groups in total. The number of hydrogen-bond acceptors (Lipinski definition) is 2. The Kier molecular flexibility index (Phi) is 6.47. The molecule has 1 atom stereocenters. The molecule has 3 rings (SSSR count). The van der Waals surface area contributed by atoms with Crippen LogP contribution in [0.1, 0.15) is 56.6 Å². The van der Waals surface area contributed by atoms with Gasteiger partial charge in [0.15, 0.2) is 0 Å². The zero-order valence-corrected chi connectivity index (χ0v) is 16.2. The quantitative estimate of drug-likeness (QED) is 0.615. The molecule has 1 unspecified atom stereocenters. The van der Waals surface area contributed by atoms with E-state index in [4.69, 9.17) is 0 Å². The molecule has 0 saturated carbocycles. The number of piperidine rings is 1. The first-order valence-electron chi connectivity index (χ1n) is 9.95. The van der Waals surface area contributed by atoms with E-state index < -0.39 is 0 Å². The molecule has 1 aliphatic heterocycles. The highest BCUT2D eigenvalue weighted by molar-refractivity contribution is 5.87. The Bertz CT molecular complexity index is 803. The van der Waals surface area contributed by atoms with Crippen molar-refractivity contribution in [1.29, 1.82) is 5.26 Å². The van der Waals surface area contributed by atoms with Crippen LogP contribution in [0.2, 0.25) is 0 Å². The normalized spacial score (nSPS) is 16.2.